The van der Waals surface area contributed by atoms with Gasteiger partial charge in [0.05, 0.1) is 24.2 Å². The molecule has 1 spiro atoms. The summed E-state index contributed by atoms with van der Waals surface area (Å²) in [5.41, 5.74) is 5.24. The molecule has 8 rings (SSSR count). The summed E-state index contributed by atoms with van der Waals surface area (Å²) >= 11 is 0. The topological polar surface area (TPSA) is 109 Å². The summed E-state index contributed by atoms with van der Waals surface area (Å²) in [5, 5.41) is 2.83. The van der Waals surface area contributed by atoms with Crippen LogP contribution in [0.15, 0.2) is 52.9 Å². The third-order valence-electron chi connectivity index (χ3n) is 12.0. The highest BCUT2D eigenvalue weighted by molar-refractivity contribution is 7.92. The lowest BCUT2D eigenvalue weighted by atomic mass is 9.68. The number of hydrogen-bond donors (Lipinski definition) is 2. The lowest BCUT2D eigenvalue weighted by molar-refractivity contribution is 0.0131. The second-order valence-electron chi connectivity index (χ2n) is 16.0. The van der Waals surface area contributed by atoms with Crippen molar-refractivity contribution in [2.24, 2.45) is 34.0 Å². The van der Waals surface area contributed by atoms with Crippen LogP contribution in [0.3, 0.4) is 0 Å². The summed E-state index contributed by atoms with van der Waals surface area (Å²) in [6.45, 7) is 6.89. The van der Waals surface area contributed by atoms with E-state index in [0.717, 1.165) is 56.6 Å². The molecule has 0 radical (unpaired) electrons. The normalized spacial score (nSPS) is 35.7. The largest absolute Gasteiger partial charge is 0.490 e. The van der Waals surface area contributed by atoms with E-state index in [0.29, 0.717) is 54.7 Å². The molecule has 8 atom stereocenters. The number of aryl methyl sites for hydroxylation is 1. The SMILES string of the molecule is CO[C@H]1/C=C/C[C@H](C)C[S@@](=O)(NC(=O)NCC2CC2)=NC(=O)c2ccc3c(c2)N(C[C@@H]2CC[C@H]21)C[C@]1(CO3)C[C@@H]2C[C@@H]2c2cc(C)ccc21. The van der Waals surface area contributed by atoms with Gasteiger partial charge in [0.2, 0.25) is 0 Å². The van der Waals surface area contributed by atoms with Crippen molar-refractivity contribution in [3.05, 3.63) is 70.8 Å². The zero-order valence-electron chi connectivity index (χ0n) is 29.0. The lowest BCUT2D eigenvalue weighted by Gasteiger charge is -2.46. The number of allylic oxidation sites excluding steroid dienone is 1. The van der Waals surface area contributed by atoms with Gasteiger partial charge in [0.15, 0.2) is 0 Å². The molecule has 49 heavy (non-hydrogen) atoms. The summed E-state index contributed by atoms with van der Waals surface area (Å²) in [6.07, 6.45) is 11.6. The van der Waals surface area contributed by atoms with Crippen LogP contribution in [0, 0.1) is 36.5 Å². The summed E-state index contributed by atoms with van der Waals surface area (Å²) in [4.78, 5) is 29.2. The molecule has 6 aliphatic rings. The smallest absolute Gasteiger partial charge is 0.327 e. The summed E-state index contributed by atoms with van der Waals surface area (Å²) < 4.78 is 34.0. The van der Waals surface area contributed by atoms with E-state index in [1.807, 2.05) is 19.1 Å². The number of nitrogens with one attached hydrogen (secondary N) is 2. The fourth-order valence-electron chi connectivity index (χ4n) is 8.98. The zero-order chi connectivity index (χ0) is 33.9. The Morgan fingerprint density at radius 2 is 2.00 bits per heavy atom. The van der Waals surface area contributed by atoms with Crippen LogP contribution in [0.5, 0.6) is 5.75 Å². The first-order valence-electron chi connectivity index (χ1n) is 18.3. The van der Waals surface area contributed by atoms with E-state index in [1.165, 1.54) is 23.1 Å². The number of urea groups is 1. The molecule has 10 heteroatoms. The Hall–Kier alpha value is -3.37. The maximum absolute atomic E-state index is 14.3. The number of carbonyl (C=O) groups excluding carboxylic acids is 2. The number of methoxy groups -OCH3 is 1. The average Bonchev–Trinajstić information content (AvgIpc) is 3.98. The first kappa shape index (κ1) is 32.8. The molecule has 2 heterocycles. The Kier molecular flexibility index (Phi) is 8.54. The fraction of sp³-hybridized carbons (Fsp3) is 0.590. The number of hydrogen-bond acceptors (Lipinski definition) is 6. The van der Waals surface area contributed by atoms with Crippen LogP contribution in [0.25, 0.3) is 0 Å². The zero-order valence-corrected chi connectivity index (χ0v) is 29.8. The number of nitrogens with zero attached hydrogens (tertiary/aromatic N) is 2. The van der Waals surface area contributed by atoms with Gasteiger partial charge in [0, 0.05) is 37.7 Å². The van der Waals surface area contributed by atoms with E-state index in [-0.39, 0.29) is 23.2 Å². The molecule has 3 fully saturated rings. The molecule has 2 aliphatic heterocycles. The molecule has 0 saturated heterocycles. The molecule has 3 amide bonds. The Morgan fingerprint density at radius 1 is 1.14 bits per heavy atom. The van der Waals surface area contributed by atoms with Crippen LogP contribution in [-0.4, -0.2) is 61.4 Å². The van der Waals surface area contributed by atoms with Crippen molar-refractivity contribution < 1.29 is 23.3 Å². The van der Waals surface area contributed by atoms with Gasteiger partial charge in [-0.05, 0) is 117 Å². The van der Waals surface area contributed by atoms with E-state index >= 15 is 0 Å². The molecule has 2 bridgehead atoms. The van der Waals surface area contributed by atoms with Crippen molar-refractivity contribution in [3.63, 3.8) is 0 Å². The van der Waals surface area contributed by atoms with Crippen LogP contribution in [0.4, 0.5) is 10.5 Å². The molecule has 262 valence electrons. The van der Waals surface area contributed by atoms with Crippen LogP contribution in [0.2, 0.25) is 0 Å². The van der Waals surface area contributed by atoms with Gasteiger partial charge in [-0.1, -0.05) is 42.8 Å². The van der Waals surface area contributed by atoms with E-state index < -0.39 is 21.9 Å². The van der Waals surface area contributed by atoms with E-state index in [1.54, 1.807) is 13.2 Å². The van der Waals surface area contributed by atoms with Gasteiger partial charge in [-0.3, -0.25) is 9.52 Å². The number of fused-ring (bicyclic) bond motifs is 6. The van der Waals surface area contributed by atoms with Crippen molar-refractivity contribution in [2.75, 3.05) is 44.0 Å². The molecule has 2 N–H and O–H groups in total. The number of benzene rings is 2. The van der Waals surface area contributed by atoms with Gasteiger partial charge >= 0.3 is 6.03 Å². The number of amides is 3. The van der Waals surface area contributed by atoms with Gasteiger partial charge in [0.25, 0.3) is 5.91 Å². The van der Waals surface area contributed by atoms with E-state index in [9.17, 15) is 13.8 Å². The number of anilines is 1. The average molecular weight is 687 g/mol. The minimum atomic E-state index is -3.42. The molecule has 2 aromatic rings. The molecule has 3 saturated carbocycles. The third-order valence-corrected chi connectivity index (χ3v) is 14.0. The minimum absolute atomic E-state index is 0.0191. The van der Waals surface area contributed by atoms with Crippen molar-refractivity contribution >= 4 is 27.5 Å². The monoisotopic (exact) mass is 686 g/mol. The van der Waals surface area contributed by atoms with Gasteiger partial charge in [-0.25, -0.2) is 9.00 Å². The first-order valence-corrected chi connectivity index (χ1v) is 20.0. The predicted molar refractivity (Wildman–Crippen MR) is 191 cm³/mol. The number of ether oxygens (including phenoxy) is 2. The molecule has 9 nitrogen and oxygen atoms in total. The first-order chi connectivity index (χ1) is 23.6. The summed E-state index contributed by atoms with van der Waals surface area (Å²) in [6, 6.07) is 11.9. The van der Waals surface area contributed by atoms with E-state index in [4.69, 9.17) is 9.47 Å². The summed E-state index contributed by atoms with van der Waals surface area (Å²) in [5.74, 6) is 2.73. The third kappa shape index (κ3) is 6.63. The lowest BCUT2D eigenvalue weighted by Crippen LogP contribution is -2.49. The summed E-state index contributed by atoms with van der Waals surface area (Å²) in [7, 11) is -1.63. The number of carbonyl (C=O) groups is 2. The van der Waals surface area contributed by atoms with Crippen LogP contribution in [0.1, 0.15) is 84.8 Å². The van der Waals surface area contributed by atoms with Crippen LogP contribution in [-0.2, 0) is 20.1 Å². The highest BCUT2D eigenvalue weighted by Crippen LogP contribution is 2.61. The van der Waals surface area contributed by atoms with Crippen LogP contribution < -0.4 is 19.7 Å². The maximum Gasteiger partial charge on any atom is 0.327 e. The molecule has 0 aromatic heterocycles. The van der Waals surface area contributed by atoms with E-state index in [2.05, 4.69) is 56.6 Å². The molecule has 2 aromatic carbocycles. The van der Waals surface area contributed by atoms with Crippen molar-refractivity contribution in [1.82, 2.24) is 10.0 Å². The molecular weight excluding hydrogens is 637 g/mol. The molecule has 0 unspecified atom stereocenters. The Morgan fingerprint density at radius 3 is 2.78 bits per heavy atom. The second kappa shape index (κ2) is 12.7. The highest BCUT2D eigenvalue weighted by Gasteiger charge is 2.54. The minimum Gasteiger partial charge on any atom is -0.490 e. The van der Waals surface area contributed by atoms with Crippen molar-refractivity contribution in [2.45, 2.75) is 76.2 Å². The van der Waals surface area contributed by atoms with Gasteiger partial charge in [-0.2, -0.15) is 0 Å². The number of rotatable bonds is 4. The Labute approximate surface area is 290 Å². The molecule has 4 aliphatic carbocycles. The Balaban J connectivity index is 1.18. The van der Waals surface area contributed by atoms with Crippen LogP contribution >= 0.6 is 0 Å². The van der Waals surface area contributed by atoms with Gasteiger partial charge in [0.1, 0.15) is 15.7 Å². The highest BCUT2D eigenvalue weighted by atomic mass is 32.2. The molecular formula is C39H50N4O5S. The Bertz CT molecular complexity index is 1800. The predicted octanol–water partition coefficient (Wildman–Crippen LogP) is 6.51. The second-order valence-corrected chi connectivity index (χ2v) is 18.0. The standard InChI is InChI=1S/C39H50N4O5S/c1-24-7-13-33-32(15-24)31-16-29(31)18-39(33)22-43-20-28-10-12-30(28)35(47-3)6-4-5-25(2)21-49(46,42-38(45)40-19-26-8-9-26)41-37(44)27-11-14-36(48-23-39)34(43)17-27/h4,6-7,11,13-15,17,25-26,28-31,35H,5,8-10,12,16,18-23H2,1-3H3,(H2,40,41,42,44,45,46)/b6-4+/t25-,28-,29-,30+,31-,35-,39-,49-/m0/s1. The van der Waals surface area contributed by atoms with Crippen molar-refractivity contribution in [3.8, 4) is 5.75 Å². The maximum atomic E-state index is 14.3. The van der Waals surface area contributed by atoms with Crippen molar-refractivity contribution in [1.29, 1.82) is 0 Å². The van der Waals surface area contributed by atoms with Gasteiger partial charge < -0.3 is 19.7 Å². The fourth-order valence-corrected chi connectivity index (χ4v) is 10.8. The van der Waals surface area contributed by atoms with Gasteiger partial charge in [-0.15, -0.1) is 4.36 Å². The quantitative estimate of drug-likeness (QED) is 0.355.